The molecular formula is C40H35N3. The monoisotopic (exact) mass is 557 g/mol. The Hall–Kier alpha value is -5.28. The second kappa shape index (κ2) is 11.5. The van der Waals surface area contributed by atoms with Crippen LogP contribution in [0.4, 0.5) is 5.69 Å². The van der Waals surface area contributed by atoms with Crippen molar-refractivity contribution < 1.29 is 0 Å². The van der Waals surface area contributed by atoms with Crippen molar-refractivity contribution in [1.29, 1.82) is 0 Å². The van der Waals surface area contributed by atoms with Crippen LogP contribution in [0.5, 0.6) is 0 Å². The largest absolute Gasteiger partial charge is 0.355 e. The number of nitrogens with zero attached hydrogens (tertiary/aromatic N) is 2. The van der Waals surface area contributed by atoms with Gasteiger partial charge in [0.1, 0.15) is 0 Å². The van der Waals surface area contributed by atoms with E-state index in [-0.39, 0.29) is 0 Å². The van der Waals surface area contributed by atoms with Crippen molar-refractivity contribution in [2.75, 3.05) is 5.32 Å². The van der Waals surface area contributed by atoms with E-state index < -0.39 is 0 Å². The summed E-state index contributed by atoms with van der Waals surface area (Å²) in [5, 5.41) is 7.57. The molecule has 3 heteroatoms. The number of hydrogen-bond acceptors (Lipinski definition) is 1. The van der Waals surface area contributed by atoms with Gasteiger partial charge in [-0.3, -0.25) is 0 Å². The highest BCUT2D eigenvalue weighted by molar-refractivity contribution is 6.09. The Morgan fingerprint density at radius 3 is 2.16 bits per heavy atom. The van der Waals surface area contributed by atoms with Gasteiger partial charge in [0.05, 0.1) is 22.2 Å². The predicted molar refractivity (Wildman–Crippen MR) is 184 cm³/mol. The van der Waals surface area contributed by atoms with Gasteiger partial charge < -0.3 is 14.5 Å². The third-order valence-electron chi connectivity index (χ3n) is 8.21. The van der Waals surface area contributed by atoms with Gasteiger partial charge in [-0.1, -0.05) is 85.8 Å². The highest BCUT2D eigenvalue weighted by atomic mass is 15.0. The van der Waals surface area contributed by atoms with Crippen molar-refractivity contribution in [3.63, 3.8) is 0 Å². The first-order valence-corrected chi connectivity index (χ1v) is 15.1. The van der Waals surface area contributed by atoms with Crippen LogP contribution in [0.3, 0.4) is 0 Å². The van der Waals surface area contributed by atoms with Crippen molar-refractivity contribution in [2.24, 2.45) is 0 Å². The maximum atomic E-state index is 3.78. The van der Waals surface area contributed by atoms with Crippen LogP contribution in [0.1, 0.15) is 24.5 Å². The van der Waals surface area contributed by atoms with Crippen molar-refractivity contribution in [2.45, 2.75) is 26.7 Å². The number of benzene rings is 5. The van der Waals surface area contributed by atoms with E-state index in [0.29, 0.717) is 0 Å². The molecule has 0 amide bonds. The van der Waals surface area contributed by atoms with Crippen molar-refractivity contribution in [3.8, 4) is 11.4 Å². The molecule has 0 fully saturated rings. The van der Waals surface area contributed by atoms with Gasteiger partial charge in [-0.25, -0.2) is 0 Å². The van der Waals surface area contributed by atoms with Crippen LogP contribution in [0.2, 0.25) is 0 Å². The van der Waals surface area contributed by atoms with E-state index in [9.17, 15) is 0 Å². The van der Waals surface area contributed by atoms with E-state index in [4.69, 9.17) is 0 Å². The summed E-state index contributed by atoms with van der Waals surface area (Å²) in [6, 6.07) is 43.4. The van der Waals surface area contributed by atoms with Gasteiger partial charge in [0.15, 0.2) is 0 Å². The molecule has 1 N–H and O–H groups in total. The van der Waals surface area contributed by atoms with Gasteiger partial charge in [0, 0.05) is 39.4 Å². The number of rotatable bonds is 8. The first-order valence-electron chi connectivity index (χ1n) is 15.1. The number of aryl methyl sites for hydroxylation is 1. The first kappa shape index (κ1) is 26.6. The van der Waals surface area contributed by atoms with Gasteiger partial charge in [-0.15, -0.1) is 0 Å². The molecule has 0 atom stereocenters. The Morgan fingerprint density at radius 2 is 1.37 bits per heavy atom. The summed E-state index contributed by atoms with van der Waals surface area (Å²) in [7, 11) is 0. The lowest BCUT2D eigenvalue weighted by Crippen LogP contribution is -2.00. The summed E-state index contributed by atoms with van der Waals surface area (Å²) in [6.45, 7) is 4.36. The Bertz CT molecular complexity index is 2110. The van der Waals surface area contributed by atoms with Gasteiger partial charge in [0.25, 0.3) is 0 Å². The summed E-state index contributed by atoms with van der Waals surface area (Å²) in [5.74, 6) is 0. The molecule has 5 aromatic carbocycles. The maximum Gasteiger partial charge on any atom is 0.0549 e. The minimum Gasteiger partial charge on any atom is -0.355 e. The molecular weight excluding hydrogens is 522 g/mol. The van der Waals surface area contributed by atoms with Crippen LogP contribution in [0.25, 0.3) is 44.1 Å². The molecule has 43 heavy (non-hydrogen) atoms. The van der Waals surface area contributed by atoms with E-state index >= 15 is 0 Å². The van der Waals surface area contributed by atoms with Crippen LogP contribution >= 0.6 is 0 Å². The Labute approximate surface area is 253 Å². The summed E-state index contributed by atoms with van der Waals surface area (Å²) in [5.41, 5.74) is 10.8. The fraction of sp³-hybridized carbons (Fsp3) is 0.100. The minimum absolute atomic E-state index is 0.858. The number of nitrogens with one attached hydrogen (secondary N) is 1. The molecule has 0 saturated carbocycles. The standard InChI is InChI=1S/C40H35N3/c1-3-13-31(41-40-29(2)22-24-37-35(40)26-27-42(37)32-16-6-4-7-17-32)15-12-14-30-23-25-39-36(28-30)34-20-10-11-21-38(34)43(39)33-18-8-5-9-19-33/h4-13,15-28,41H,3,14H2,1-2H3/b15-12-,31-13+. The molecule has 2 aromatic heterocycles. The van der Waals surface area contributed by atoms with Gasteiger partial charge in [-0.2, -0.15) is 0 Å². The molecule has 2 heterocycles. The van der Waals surface area contributed by atoms with Gasteiger partial charge in [0.2, 0.25) is 0 Å². The van der Waals surface area contributed by atoms with Crippen LogP contribution < -0.4 is 5.32 Å². The van der Waals surface area contributed by atoms with Crippen molar-refractivity contribution in [3.05, 3.63) is 163 Å². The quantitative estimate of drug-likeness (QED) is 0.184. The molecule has 210 valence electrons. The Balaban J connectivity index is 1.18. The molecule has 0 spiro atoms. The van der Waals surface area contributed by atoms with E-state index in [2.05, 4.69) is 174 Å². The lowest BCUT2D eigenvalue weighted by Gasteiger charge is -2.14. The Morgan fingerprint density at radius 1 is 0.674 bits per heavy atom. The number of para-hydroxylation sites is 3. The molecule has 0 unspecified atom stereocenters. The average Bonchev–Trinajstić information content (AvgIpc) is 3.63. The van der Waals surface area contributed by atoms with E-state index in [1.165, 1.54) is 55.2 Å². The van der Waals surface area contributed by atoms with Crippen LogP contribution in [-0.4, -0.2) is 9.13 Å². The van der Waals surface area contributed by atoms with Crippen LogP contribution in [-0.2, 0) is 6.42 Å². The fourth-order valence-electron chi connectivity index (χ4n) is 6.15. The molecule has 0 aliphatic heterocycles. The molecule has 3 nitrogen and oxygen atoms in total. The molecule has 0 bridgehead atoms. The highest BCUT2D eigenvalue weighted by Gasteiger charge is 2.13. The second-order valence-corrected chi connectivity index (χ2v) is 11.1. The second-order valence-electron chi connectivity index (χ2n) is 11.1. The molecule has 7 rings (SSSR count). The minimum atomic E-state index is 0.858. The summed E-state index contributed by atoms with van der Waals surface area (Å²) < 4.78 is 4.62. The van der Waals surface area contributed by atoms with E-state index in [0.717, 1.165) is 24.2 Å². The van der Waals surface area contributed by atoms with Crippen LogP contribution in [0.15, 0.2) is 151 Å². The predicted octanol–water partition coefficient (Wildman–Crippen LogP) is 10.5. The highest BCUT2D eigenvalue weighted by Crippen LogP contribution is 2.33. The van der Waals surface area contributed by atoms with Crippen molar-refractivity contribution in [1.82, 2.24) is 9.13 Å². The van der Waals surface area contributed by atoms with Gasteiger partial charge in [-0.05, 0) is 91.6 Å². The Kier molecular flexibility index (Phi) is 7.14. The SMILES string of the molecule is CC/C=C(\C=C/Cc1ccc2c(c1)c1ccccc1n2-c1ccccc1)Nc1c(C)ccc2c1ccn2-c1ccccc1. The normalized spacial score (nSPS) is 12.2. The topological polar surface area (TPSA) is 21.9 Å². The number of allylic oxidation sites excluding steroid dienone is 3. The molecule has 0 radical (unpaired) electrons. The maximum absolute atomic E-state index is 3.78. The molecule has 0 saturated heterocycles. The first-order chi connectivity index (χ1) is 21.2. The fourth-order valence-corrected chi connectivity index (χ4v) is 6.15. The molecule has 0 aliphatic rings. The van der Waals surface area contributed by atoms with Crippen LogP contribution in [0, 0.1) is 6.92 Å². The summed E-state index contributed by atoms with van der Waals surface area (Å²) in [4.78, 5) is 0. The van der Waals surface area contributed by atoms with E-state index in [1.54, 1.807) is 0 Å². The summed E-state index contributed by atoms with van der Waals surface area (Å²) >= 11 is 0. The number of fused-ring (bicyclic) bond motifs is 4. The smallest absolute Gasteiger partial charge is 0.0549 e. The zero-order valence-corrected chi connectivity index (χ0v) is 24.7. The third kappa shape index (κ3) is 5.04. The summed E-state index contributed by atoms with van der Waals surface area (Å²) in [6.07, 6.45) is 10.7. The zero-order valence-electron chi connectivity index (χ0n) is 24.7. The number of anilines is 1. The lowest BCUT2D eigenvalue weighted by atomic mass is 10.1. The van der Waals surface area contributed by atoms with Gasteiger partial charge >= 0.3 is 0 Å². The number of hydrogen-bond donors (Lipinski definition) is 1. The average molecular weight is 558 g/mol. The van der Waals surface area contributed by atoms with Crippen molar-refractivity contribution >= 4 is 38.4 Å². The molecule has 7 aromatic rings. The molecule has 0 aliphatic carbocycles. The number of aromatic nitrogens is 2. The van der Waals surface area contributed by atoms with E-state index in [1.807, 2.05) is 0 Å². The lowest BCUT2D eigenvalue weighted by molar-refractivity contribution is 1.13. The zero-order chi connectivity index (χ0) is 29.2. The third-order valence-corrected chi connectivity index (χ3v) is 8.21.